The second-order valence-electron chi connectivity index (χ2n) is 9.33. The number of guanidine groups is 1. The first-order valence-electron chi connectivity index (χ1n) is 12.7. The van der Waals surface area contributed by atoms with Gasteiger partial charge >= 0.3 is 5.97 Å². The first-order valence-corrected chi connectivity index (χ1v) is 12.7. The molecule has 1 unspecified atom stereocenters. The van der Waals surface area contributed by atoms with Crippen LogP contribution in [0, 0.1) is 11.3 Å². The first kappa shape index (κ1) is 30.4. The number of carboxylic acid groups (broad SMARTS) is 1. The van der Waals surface area contributed by atoms with Crippen LogP contribution in [0.2, 0.25) is 0 Å². The lowest BCUT2D eigenvalue weighted by atomic mass is 9.98. The van der Waals surface area contributed by atoms with Gasteiger partial charge in [0.1, 0.15) is 12.1 Å². The van der Waals surface area contributed by atoms with Gasteiger partial charge in [0.05, 0.1) is 24.4 Å². The van der Waals surface area contributed by atoms with Crippen LogP contribution < -0.4 is 32.2 Å². The van der Waals surface area contributed by atoms with Gasteiger partial charge in [-0.3, -0.25) is 19.8 Å². The number of nitrogens with zero attached hydrogens (tertiary/aromatic N) is 1. The number of nitrogens with two attached hydrogens (primary N) is 2. The molecule has 3 amide bonds. The zero-order valence-corrected chi connectivity index (χ0v) is 22.1. The topological polar surface area (TPSA) is 213 Å². The molecule has 1 aromatic carbocycles. The van der Waals surface area contributed by atoms with Crippen LogP contribution in [-0.2, 0) is 14.4 Å². The Morgan fingerprint density at radius 3 is 2.61 bits per heavy atom. The predicted octanol–water partition coefficient (Wildman–Crippen LogP) is 0.444. The number of carbonyl (C=O) groups is 4. The summed E-state index contributed by atoms with van der Waals surface area (Å²) >= 11 is 0. The zero-order valence-electron chi connectivity index (χ0n) is 22.1. The third-order valence-corrected chi connectivity index (χ3v) is 6.65. The van der Waals surface area contributed by atoms with Crippen molar-refractivity contribution in [2.45, 2.75) is 64.1 Å². The van der Waals surface area contributed by atoms with E-state index in [1.807, 2.05) is 6.92 Å². The quantitative estimate of drug-likeness (QED) is 0.106. The van der Waals surface area contributed by atoms with Crippen LogP contribution in [0.4, 0.5) is 5.69 Å². The predicted molar refractivity (Wildman–Crippen MR) is 142 cm³/mol. The molecule has 1 aliphatic rings. The highest BCUT2D eigenvalue weighted by molar-refractivity contribution is 6.04. The molecule has 1 heterocycles. The van der Waals surface area contributed by atoms with Gasteiger partial charge in [0.25, 0.3) is 5.91 Å². The fraction of sp³-hybridized carbons (Fsp3) is 0.560. The van der Waals surface area contributed by atoms with Crippen LogP contribution >= 0.6 is 0 Å². The van der Waals surface area contributed by atoms with E-state index in [-0.39, 0.29) is 34.8 Å². The minimum Gasteiger partial charge on any atom is -0.494 e. The summed E-state index contributed by atoms with van der Waals surface area (Å²) in [5, 5.41) is 24.6. The van der Waals surface area contributed by atoms with Crippen LogP contribution in [0.5, 0.6) is 5.75 Å². The summed E-state index contributed by atoms with van der Waals surface area (Å²) in [6, 6.07) is 1.96. The number of benzene rings is 1. The van der Waals surface area contributed by atoms with Crippen molar-refractivity contribution in [1.82, 2.24) is 15.5 Å². The Bertz CT molecular complexity index is 1030. The molecule has 13 nitrogen and oxygen atoms in total. The number of hydrogen-bond donors (Lipinski definition) is 7. The summed E-state index contributed by atoms with van der Waals surface area (Å²) in [5.74, 6) is -2.94. The second kappa shape index (κ2) is 14.2. The van der Waals surface area contributed by atoms with Crippen molar-refractivity contribution < 1.29 is 29.0 Å². The van der Waals surface area contributed by atoms with Crippen molar-refractivity contribution in [3.8, 4) is 5.75 Å². The Morgan fingerprint density at radius 1 is 1.29 bits per heavy atom. The first-order chi connectivity index (χ1) is 18.0. The lowest BCUT2D eigenvalue weighted by Gasteiger charge is -2.27. The third-order valence-electron chi connectivity index (χ3n) is 6.65. The van der Waals surface area contributed by atoms with Gasteiger partial charge in [-0.15, -0.1) is 0 Å². The van der Waals surface area contributed by atoms with Gasteiger partial charge in [-0.05, 0) is 43.7 Å². The lowest BCUT2D eigenvalue weighted by Crippen LogP contribution is -2.50. The third kappa shape index (κ3) is 7.81. The molecule has 1 fully saturated rings. The number of methoxy groups -OCH3 is 1. The molecule has 0 saturated carbocycles. The van der Waals surface area contributed by atoms with Gasteiger partial charge in [-0.25, -0.2) is 4.79 Å². The van der Waals surface area contributed by atoms with Crippen LogP contribution in [0.25, 0.3) is 0 Å². The highest BCUT2D eigenvalue weighted by Crippen LogP contribution is 2.30. The number of rotatable bonds is 13. The molecular weight excluding hydrogens is 494 g/mol. The van der Waals surface area contributed by atoms with E-state index in [1.54, 1.807) is 19.1 Å². The monoisotopic (exact) mass is 533 g/mol. The summed E-state index contributed by atoms with van der Waals surface area (Å²) in [6.45, 7) is 4.37. The molecule has 0 radical (unpaired) electrons. The molecule has 0 bridgehead atoms. The van der Waals surface area contributed by atoms with Crippen LogP contribution in [-0.4, -0.2) is 78.0 Å². The normalized spacial score (nSPS) is 17.2. The van der Waals surface area contributed by atoms with E-state index in [9.17, 15) is 24.3 Å². The summed E-state index contributed by atoms with van der Waals surface area (Å²) in [5.41, 5.74) is 11.6. The van der Waals surface area contributed by atoms with Crippen LogP contribution in [0.1, 0.15) is 56.3 Å². The van der Waals surface area contributed by atoms with Crippen molar-refractivity contribution in [3.05, 3.63) is 23.8 Å². The molecule has 4 atom stereocenters. The highest BCUT2D eigenvalue weighted by atomic mass is 16.5. The molecule has 38 heavy (non-hydrogen) atoms. The minimum absolute atomic E-state index is 0.0698. The van der Waals surface area contributed by atoms with Gasteiger partial charge in [0.2, 0.25) is 11.8 Å². The Morgan fingerprint density at radius 2 is 2.00 bits per heavy atom. The number of anilines is 1. The number of aliphatic carboxylic acids is 1. The van der Waals surface area contributed by atoms with E-state index < -0.39 is 35.9 Å². The Balaban J connectivity index is 2.13. The van der Waals surface area contributed by atoms with E-state index in [0.29, 0.717) is 45.2 Å². The molecule has 1 aromatic rings. The number of amides is 3. The molecule has 0 spiro atoms. The van der Waals surface area contributed by atoms with Crippen molar-refractivity contribution >= 4 is 35.3 Å². The van der Waals surface area contributed by atoms with Gasteiger partial charge in [0, 0.05) is 13.1 Å². The maximum Gasteiger partial charge on any atom is 0.326 e. The maximum absolute atomic E-state index is 13.2. The number of para-hydroxylation sites is 1. The van der Waals surface area contributed by atoms with Gasteiger partial charge in [0.15, 0.2) is 11.7 Å². The largest absolute Gasteiger partial charge is 0.494 e. The standard InChI is InChI=1S/C25H39N7O6/c1-4-14(2)19(24(36)37)31-21(33)15-8-5-10-17(20(15)38-3)30-22(34)18-11-7-13-32(18)23(35)16(26)9-6-12-29-25(27)28/h5,8,10,14,16,18-19H,4,6-7,9,11-13,26H2,1-3H3,(H,30,34)(H,31,33)(H,36,37)(H4,27,28,29)/t14-,16-,18-,19?/m0/s1. The number of hydrogen-bond acceptors (Lipinski definition) is 7. The lowest BCUT2D eigenvalue weighted by molar-refractivity contribution is -0.140. The van der Waals surface area contributed by atoms with E-state index >= 15 is 0 Å². The number of nitrogens with one attached hydrogen (secondary N) is 4. The SMILES string of the molecule is CC[C@H](C)C(NC(=O)c1cccc(NC(=O)[C@@H]2CCCN2C(=O)[C@@H](N)CCCNC(=N)N)c1OC)C(=O)O. The molecule has 9 N–H and O–H groups in total. The molecular formula is C25H39N7O6. The molecule has 0 aliphatic carbocycles. The zero-order chi connectivity index (χ0) is 28.4. The fourth-order valence-electron chi connectivity index (χ4n) is 4.34. The smallest absolute Gasteiger partial charge is 0.326 e. The van der Waals surface area contributed by atoms with Gasteiger partial charge in [-0.2, -0.15) is 0 Å². The summed E-state index contributed by atoms with van der Waals surface area (Å²) < 4.78 is 5.42. The number of ether oxygens (including phenoxy) is 1. The highest BCUT2D eigenvalue weighted by Gasteiger charge is 2.36. The molecule has 2 rings (SSSR count). The van der Waals surface area contributed by atoms with Crippen molar-refractivity contribution in [2.24, 2.45) is 17.4 Å². The summed E-state index contributed by atoms with van der Waals surface area (Å²) in [7, 11) is 1.34. The number of carbonyl (C=O) groups excluding carboxylic acids is 3. The van der Waals surface area contributed by atoms with E-state index in [1.165, 1.54) is 18.1 Å². The summed E-state index contributed by atoms with van der Waals surface area (Å²) in [6.07, 6.45) is 2.54. The Labute approximate surface area is 222 Å². The van der Waals surface area contributed by atoms with Crippen molar-refractivity contribution in [3.63, 3.8) is 0 Å². The molecule has 1 saturated heterocycles. The molecule has 0 aromatic heterocycles. The Kier molecular flexibility index (Phi) is 11.3. The number of likely N-dealkylation sites (tertiary alicyclic amines) is 1. The van der Waals surface area contributed by atoms with Gasteiger partial charge in [-0.1, -0.05) is 26.3 Å². The van der Waals surface area contributed by atoms with E-state index in [0.717, 1.165) is 0 Å². The molecule has 1 aliphatic heterocycles. The molecule has 210 valence electrons. The number of carboxylic acids is 1. The minimum atomic E-state index is -1.14. The average molecular weight is 534 g/mol. The summed E-state index contributed by atoms with van der Waals surface area (Å²) in [4.78, 5) is 52.2. The van der Waals surface area contributed by atoms with Crippen molar-refractivity contribution in [1.29, 1.82) is 5.41 Å². The molecule has 13 heteroatoms. The van der Waals surface area contributed by atoms with E-state index in [4.69, 9.17) is 21.6 Å². The second-order valence-corrected chi connectivity index (χ2v) is 9.33. The van der Waals surface area contributed by atoms with Crippen LogP contribution in [0.15, 0.2) is 18.2 Å². The van der Waals surface area contributed by atoms with E-state index in [2.05, 4.69) is 16.0 Å². The van der Waals surface area contributed by atoms with Gasteiger partial charge < -0.3 is 42.2 Å². The average Bonchev–Trinajstić information content (AvgIpc) is 3.38. The maximum atomic E-state index is 13.2. The fourth-order valence-corrected chi connectivity index (χ4v) is 4.34. The van der Waals surface area contributed by atoms with Crippen LogP contribution in [0.3, 0.4) is 0 Å². The van der Waals surface area contributed by atoms with Crippen molar-refractivity contribution in [2.75, 3.05) is 25.5 Å². The Hall–Kier alpha value is -3.87.